The van der Waals surface area contributed by atoms with Crippen LogP contribution in [0.3, 0.4) is 0 Å². The third-order valence-corrected chi connectivity index (χ3v) is 2.55. The van der Waals surface area contributed by atoms with Crippen molar-refractivity contribution in [3.8, 4) is 0 Å². The number of nitrogen functional groups attached to an aromatic ring is 1. The minimum absolute atomic E-state index is 0.0854. The molecule has 90 valence electrons. The molecule has 0 aliphatic carbocycles. The van der Waals surface area contributed by atoms with Crippen LogP contribution in [0.15, 0.2) is 17.9 Å². The number of halogens is 3. The van der Waals surface area contributed by atoms with Gasteiger partial charge >= 0.3 is 6.30 Å². The lowest BCUT2D eigenvalue weighted by molar-refractivity contribution is -0.204. The number of rotatable bonds is 2. The van der Waals surface area contributed by atoms with Gasteiger partial charge in [-0.2, -0.15) is 0 Å². The Morgan fingerprint density at radius 1 is 1.29 bits per heavy atom. The fourth-order valence-electron chi connectivity index (χ4n) is 1.11. The molecule has 0 fully saturated rings. The van der Waals surface area contributed by atoms with E-state index in [4.69, 9.17) is 5.73 Å². The molecule has 0 saturated heterocycles. The van der Waals surface area contributed by atoms with E-state index in [1.807, 2.05) is 0 Å². The second-order valence-electron chi connectivity index (χ2n) is 3.12. The number of imidazole rings is 1. The summed E-state index contributed by atoms with van der Waals surface area (Å²) in [6, 6.07) is 0. The number of hydrogen-bond acceptors (Lipinski definition) is 4. The van der Waals surface area contributed by atoms with Crippen LogP contribution in [-0.2, 0) is 6.30 Å². The van der Waals surface area contributed by atoms with E-state index in [2.05, 4.69) is 9.97 Å². The first-order valence-corrected chi connectivity index (χ1v) is 5.33. The Kier molecular flexibility index (Phi) is 2.88. The molecule has 2 N–H and O–H groups in total. The summed E-state index contributed by atoms with van der Waals surface area (Å²) in [4.78, 5) is 7.54. The summed E-state index contributed by atoms with van der Waals surface area (Å²) in [5.41, 5.74) is 6.21. The summed E-state index contributed by atoms with van der Waals surface area (Å²) in [5, 5.41) is 2.11. The molecule has 0 aliphatic rings. The number of alkyl halides is 3. The van der Waals surface area contributed by atoms with Crippen LogP contribution in [0, 0.1) is 0 Å². The maximum absolute atomic E-state index is 12.2. The van der Waals surface area contributed by atoms with E-state index in [1.54, 1.807) is 11.5 Å². The Bertz CT molecular complexity index is 540. The Morgan fingerprint density at radius 2 is 2.00 bits per heavy atom. The van der Waals surface area contributed by atoms with E-state index in [-0.39, 0.29) is 10.3 Å². The highest BCUT2D eigenvalue weighted by Crippen LogP contribution is 2.22. The van der Waals surface area contributed by atoms with E-state index in [0.717, 1.165) is 12.5 Å². The summed E-state index contributed by atoms with van der Waals surface area (Å²) in [6.07, 6.45) is 0.165. The molecule has 17 heavy (non-hydrogen) atoms. The van der Waals surface area contributed by atoms with Gasteiger partial charge in [0, 0.05) is 11.6 Å². The van der Waals surface area contributed by atoms with Crippen molar-refractivity contribution in [2.24, 2.45) is 0 Å². The maximum Gasteiger partial charge on any atom is 0.489 e. The molecule has 8 heteroatoms. The van der Waals surface area contributed by atoms with Crippen LogP contribution in [0.2, 0.25) is 0 Å². The molecule has 0 amide bonds. The Labute approximate surface area is 98.2 Å². The Balaban J connectivity index is 2.14. The van der Waals surface area contributed by atoms with Gasteiger partial charge in [-0.3, -0.25) is 0 Å². The molecule has 0 bridgehead atoms. The van der Waals surface area contributed by atoms with Gasteiger partial charge in [-0.05, 0) is 12.2 Å². The molecule has 0 aromatic carbocycles. The summed E-state index contributed by atoms with van der Waals surface area (Å²) < 4.78 is 36.8. The van der Waals surface area contributed by atoms with Crippen LogP contribution >= 0.6 is 11.3 Å². The van der Waals surface area contributed by atoms with E-state index >= 15 is 0 Å². The Morgan fingerprint density at radius 3 is 2.53 bits per heavy atom. The molecule has 0 radical (unpaired) electrons. The van der Waals surface area contributed by atoms with Crippen molar-refractivity contribution in [1.82, 2.24) is 14.5 Å². The summed E-state index contributed by atoms with van der Waals surface area (Å²) >= 11 is 1.26. The zero-order chi connectivity index (χ0) is 12.5. The van der Waals surface area contributed by atoms with Gasteiger partial charge in [0.15, 0.2) is 5.13 Å². The van der Waals surface area contributed by atoms with Gasteiger partial charge in [-0.25, -0.2) is 14.5 Å². The quantitative estimate of drug-likeness (QED) is 0.902. The monoisotopic (exact) mass is 260 g/mol. The molecular weight excluding hydrogens is 253 g/mol. The zero-order valence-electron chi connectivity index (χ0n) is 8.35. The molecule has 2 aromatic rings. The largest absolute Gasteiger partial charge is 0.489 e. The number of nitrogens with two attached hydrogens (primary N) is 1. The fraction of sp³-hybridized carbons (Fsp3) is 0.111. The first-order valence-electron chi connectivity index (χ1n) is 4.45. The number of thiazole rings is 1. The van der Waals surface area contributed by atoms with Crippen molar-refractivity contribution in [1.29, 1.82) is 0 Å². The van der Waals surface area contributed by atoms with E-state index in [1.165, 1.54) is 17.4 Å². The first kappa shape index (κ1) is 11.6. The lowest BCUT2D eigenvalue weighted by atomic mass is 10.3. The molecular formula is C9H7F3N4S. The molecule has 0 spiro atoms. The fourth-order valence-corrected chi connectivity index (χ4v) is 1.64. The SMILES string of the molecule is Nc1nc(C=Cc2cn(C(F)(F)F)cn2)cs1. The molecule has 2 aromatic heterocycles. The van der Waals surface area contributed by atoms with Gasteiger partial charge in [-0.1, -0.05) is 0 Å². The molecule has 2 rings (SSSR count). The van der Waals surface area contributed by atoms with Gasteiger partial charge in [0.2, 0.25) is 0 Å². The molecule has 0 unspecified atom stereocenters. The van der Waals surface area contributed by atoms with Crippen LogP contribution in [-0.4, -0.2) is 14.5 Å². The zero-order valence-corrected chi connectivity index (χ0v) is 9.16. The van der Waals surface area contributed by atoms with Gasteiger partial charge in [0.05, 0.1) is 11.4 Å². The minimum Gasteiger partial charge on any atom is -0.375 e. The van der Waals surface area contributed by atoms with Gasteiger partial charge in [0.1, 0.15) is 6.33 Å². The first-order chi connectivity index (χ1) is 7.95. The Hall–Kier alpha value is -1.83. The second-order valence-corrected chi connectivity index (χ2v) is 4.01. The van der Waals surface area contributed by atoms with E-state index in [0.29, 0.717) is 10.8 Å². The average molecular weight is 260 g/mol. The van der Waals surface area contributed by atoms with Gasteiger partial charge < -0.3 is 5.73 Å². The predicted octanol–water partition coefficient (Wildman–Crippen LogP) is 2.57. The van der Waals surface area contributed by atoms with Crippen molar-refractivity contribution in [2.45, 2.75) is 6.30 Å². The van der Waals surface area contributed by atoms with Crippen LogP contribution in [0.5, 0.6) is 0 Å². The number of nitrogens with zero attached hydrogens (tertiary/aromatic N) is 3. The highest BCUT2D eigenvalue weighted by molar-refractivity contribution is 7.13. The standard InChI is InChI=1S/C9H7F3N4S/c10-9(11,12)16-3-6(14-5-16)1-2-7-4-17-8(13)15-7/h1-5H,(H2,13,15). The normalized spacial score (nSPS) is 12.4. The lowest BCUT2D eigenvalue weighted by Crippen LogP contribution is -2.13. The van der Waals surface area contributed by atoms with Crippen molar-refractivity contribution in [3.05, 3.63) is 29.3 Å². The van der Waals surface area contributed by atoms with Crippen molar-refractivity contribution in [2.75, 3.05) is 5.73 Å². The summed E-state index contributed by atoms with van der Waals surface area (Å²) in [5.74, 6) is 0. The highest BCUT2D eigenvalue weighted by atomic mass is 32.1. The van der Waals surface area contributed by atoms with Crippen LogP contribution < -0.4 is 5.73 Å². The van der Waals surface area contributed by atoms with Crippen LogP contribution in [0.4, 0.5) is 18.3 Å². The van der Waals surface area contributed by atoms with E-state index < -0.39 is 6.30 Å². The highest BCUT2D eigenvalue weighted by Gasteiger charge is 2.30. The van der Waals surface area contributed by atoms with Crippen LogP contribution in [0.1, 0.15) is 11.4 Å². The molecule has 0 atom stereocenters. The topological polar surface area (TPSA) is 56.7 Å². The summed E-state index contributed by atoms with van der Waals surface area (Å²) in [6.45, 7) is 0. The van der Waals surface area contributed by atoms with E-state index in [9.17, 15) is 13.2 Å². The molecule has 2 heterocycles. The lowest BCUT2D eigenvalue weighted by Gasteiger charge is -2.04. The molecule has 0 saturated carbocycles. The average Bonchev–Trinajstić information content (AvgIpc) is 2.82. The van der Waals surface area contributed by atoms with Crippen molar-refractivity contribution >= 4 is 28.6 Å². The van der Waals surface area contributed by atoms with Crippen molar-refractivity contribution < 1.29 is 13.2 Å². The number of anilines is 1. The van der Waals surface area contributed by atoms with Gasteiger partial charge in [0.25, 0.3) is 0 Å². The third kappa shape index (κ3) is 2.84. The number of hydrogen-bond donors (Lipinski definition) is 1. The predicted molar refractivity (Wildman–Crippen MR) is 59.0 cm³/mol. The summed E-state index contributed by atoms with van der Waals surface area (Å²) in [7, 11) is 0. The van der Waals surface area contributed by atoms with Gasteiger partial charge in [-0.15, -0.1) is 24.5 Å². The number of aromatic nitrogens is 3. The third-order valence-electron chi connectivity index (χ3n) is 1.86. The molecule has 4 nitrogen and oxygen atoms in total. The van der Waals surface area contributed by atoms with Crippen LogP contribution in [0.25, 0.3) is 12.2 Å². The smallest absolute Gasteiger partial charge is 0.375 e. The minimum atomic E-state index is -4.44. The second kappa shape index (κ2) is 4.21. The van der Waals surface area contributed by atoms with Crippen molar-refractivity contribution in [3.63, 3.8) is 0 Å². The maximum atomic E-state index is 12.2. The molecule has 0 aliphatic heterocycles.